The molecule has 0 aromatic carbocycles. The summed E-state index contributed by atoms with van der Waals surface area (Å²) in [6, 6.07) is 0. The Labute approximate surface area is 180 Å². The van der Waals surface area contributed by atoms with E-state index in [1.54, 1.807) is 0 Å². The summed E-state index contributed by atoms with van der Waals surface area (Å²) < 4.78 is 31.2. The Hall–Kier alpha value is -0.130. The Balaban J connectivity index is 3.50. The van der Waals surface area contributed by atoms with Crippen LogP contribution >= 0.6 is 7.82 Å². The van der Waals surface area contributed by atoms with E-state index in [4.69, 9.17) is 19.1 Å². The molecule has 0 aliphatic rings. The average Bonchev–Trinajstić information content (AvgIpc) is 2.62. The number of nitrogens with zero attached hydrogens (tertiary/aromatic N) is 1. The van der Waals surface area contributed by atoms with Crippen molar-refractivity contribution in [1.29, 1.82) is 0 Å². The Morgan fingerprint density at radius 2 is 1.47 bits per heavy atom. The van der Waals surface area contributed by atoms with Gasteiger partial charge < -0.3 is 43.2 Å². The second-order valence-electron chi connectivity index (χ2n) is 8.15. The molecule has 0 bridgehead atoms. The number of phosphoric acid groups is 1. The first-order valence-corrected chi connectivity index (χ1v) is 12.1. The molecule has 30 heavy (non-hydrogen) atoms. The number of hydrogen-bond donors (Lipinski definition) is 3. The highest BCUT2D eigenvalue weighted by atomic mass is 31.2. The molecule has 0 heterocycles. The quantitative estimate of drug-likeness (QED) is 0.126. The molecule has 0 saturated heterocycles. The van der Waals surface area contributed by atoms with Gasteiger partial charge in [-0.25, -0.2) is 0 Å². The van der Waals surface area contributed by atoms with Gasteiger partial charge in [0.1, 0.15) is 19.3 Å². The van der Waals surface area contributed by atoms with Crippen LogP contribution < -0.4 is 4.89 Å². The van der Waals surface area contributed by atoms with Crippen LogP contribution in [0.15, 0.2) is 0 Å². The molecule has 0 radical (unpaired) electrons. The van der Waals surface area contributed by atoms with E-state index in [1.165, 1.54) is 7.11 Å². The van der Waals surface area contributed by atoms with Crippen LogP contribution in [0.5, 0.6) is 0 Å². The molecule has 10 nitrogen and oxygen atoms in total. The summed E-state index contributed by atoms with van der Waals surface area (Å²) in [6.45, 7) is 3.29. The molecule has 0 aliphatic carbocycles. The minimum absolute atomic E-state index is 0.0395. The second kappa shape index (κ2) is 17.4. The lowest BCUT2D eigenvalue weighted by molar-refractivity contribution is -0.890. The summed E-state index contributed by atoms with van der Waals surface area (Å²) >= 11 is 0. The van der Waals surface area contributed by atoms with Crippen LogP contribution in [0.4, 0.5) is 0 Å². The number of likely N-dealkylation sites (N-methyl/N-ethyl adjacent to an activating group) is 1. The van der Waals surface area contributed by atoms with Gasteiger partial charge in [0, 0.05) is 20.3 Å². The molecule has 3 atom stereocenters. The number of ether oxygens (including phenoxy) is 3. The minimum atomic E-state index is -4.64. The van der Waals surface area contributed by atoms with Crippen molar-refractivity contribution >= 4 is 7.82 Å². The first-order valence-electron chi connectivity index (χ1n) is 10.6. The lowest BCUT2D eigenvalue weighted by Gasteiger charge is -2.30. The third-order valence-electron chi connectivity index (χ3n) is 4.56. The molecule has 0 aromatic heterocycles. The highest BCUT2D eigenvalue weighted by Crippen LogP contribution is 2.29. The molecule has 3 N–H and O–H groups in total. The fourth-order valence-electron chi connectivity index (χ4n) is 2.78. The summed E-state index contributed by atoms with van der Waals surface area (Å²) in [4.78, 5) is 19.2. The van der Waals surface area contributed by atoms with Gasteiger partial charge in [-0.1, -0.05) is 6.42 Å². The minimum Gasteiger partial charge on any atom is -0.756 e. The maximum atomic E-state index is 10.6. The predicted octanol–water partition coefficient (Wildman–Crippen LogP) is 0.282. The lowest BCUT2D eigenvalue weighted by atomic mass is 10.1. The summed E-state index contributed by atoms with van der Waals surface area (Å²) in [5, 5.41) is 19.4. The SMILES string of the molecule is COCC(O)COCCCCOCC(O)CCCCC[N+](C)(C)CCOP(=O)([O-])O. The largest absolute Gasteiger partial charge is 0.756 e. The molecule has 0 aromatic rings. The number of phosphoric ester groups is 1. The van der Waals surface area contributed by atoms with Gasteiger partial charge in [-0.15, -0.1) is 0 Å². The number of aliphatic hydroxyl groups is 2. The Kier molecular flexibility index (Phi) is 17.4. The van der Waals surface area contributed by atoms with Crippen LogP contribution in [-0.2, 0) is 23.3 Å². The summed E-state index contributed by atoms with van der Waals surface area (Å²) in [6.07, 6.45) is 4.09. The topological polar surface area (TPSA) is 138 Å². The van der Waals surface area contributed by atoms with Gasteiger partial charge in [0.25, 0.3) is 7.82 Å². The highest BCUT2D eigenvalue weighted by molar-refractivity contribution is 7.44. The van der Waals surface area contributed by atoms with Gasteiger partial charge in [0.05, 0.1) is 46.6 Å². The molecular weight excluding hydrogens is 417 g/mol. The zero-order chi connectivity index (χ0) is 22.9. The van der Waals surface area contributed by atoms with E-state index in [9.17, 15) is 19.7 Å². The van der Waals surface area contributed by atoms with Crippen LogP contribution in [-0.4, -0.2) is 106 Å². The van der Waals surface area contributed by atoms with E-state index in [1.807, 2.05) is 14.1 Å². The van der Waals surface area contributed by atoms with Crippen molar-refractivity contribution in [1.82, 2.24) is 0 Å². The van der Waals surface area contributed by atoms with E-state index in [2.05, 4.69) is 4.52 Å². The second-order valence-corrected chi connectivity index (χ2v) is 9.35. The van der Waals surface area contributed by atoms with Gasteiger partial charge >= 0.3 is 0 Å². The van der Waals surface area contributed by atoms with Crippen LogP contribution in [0.1, 0.15) is 38.5 Å². The summed E-state index contributed by atoms with van der Waals surface area (Å²) in [5.41, 5.74) is 0. The zero-order valence-electron chi connectivity index (χ0n) is 18.7. The molecule has 0 spiro atoms. The van der Waals surface area contributed by atoms with Crippen LogP contribution in [0.3, 0.4) is 0 Å². The molecule has 0 rings (SSSR count). The fraction of sp³-hybridized carbons (Fsp3) is 1.00. The van der Waals surface area contributed by atoms with E-state index in [0.717, 1.165) is 38.6 Å². The molecule has 0 aliphatic heterocycles. The maximum absolute atomic E-state index is 10.6. The van der Waals surface area contributed by atoms with Crippen molar-refractivity contribution in [2.75, 3.05) is 73.9 Å². The molecule has 0 saturated carbocycles. The van der Waals surface area contributed by atoms with E-state index < -0.39 is 20.0 Å². The summed E-state index contributed by atoms with van der Waals surface area (Å²) in [5.74, 6) is 0. The Morgan fingerprint density at radius 1 is 0.867 bits per heavy atom. The van der Waals surface area contributed by atoms with E-state index in [0.29, 0.717) is 37.3 Å². The first kappa shape index (κ1) is 29.9. The van der Waals surface area contributed by atoms with Gasteiger partial charge in [0.15, 0.2) is 0 Å². The predicted molar refractivity (Wildman–Crippen MR) is 111 cm³/mol. The van der Waals surface area contributed by atoms with Gasteiger partial charge in [0.2, 0.25) is 0 Å². The maximum Gasteiger partial charge on any atom is 0.265 e. The highest BCUT2D eigenvalue weighted by Gasteiger charge is 2.16. The molecule has 0 fully saturated rings. The third-order valence-corrected chi connectivity index (χ3v) is 5.07. The number of methoxy groups -OCH3 is 1. The average molecular weight is 460 g/mol. The van der Waals surface area contributed by atoms with E-state index in [-0.39, 0.29) is 19.8 Å². The number of rotatable bonds is 21. The van der Waals surface area contributed by atoms with Crippen LogP contribution in [0, 0.1) is 0 Å². The van der Waals surface area contributed by atoms with E-state index >= 15 is 0 Å². The summed E-state index contributed by atoms with van der Waals surface area (Å²) in [7, 11) is 0.845. The van der Waals surface area contributed by atoms with Gasteiger partial charge in [-0.2, -0.15) is 0 Å². The van der Waals surface area contributed by atoms with Crippen molar-refractivity contribution in [3.8, 4) is 0 Å². The van der Waals surface area contributed by atoms with Crippen molar-refractivity contribution in [2.45, 2.75) is 50.7 Å². The molecule has 182 valence electrons. The van der Waals surface area contributed by atoms with Gasteiger partial charge in [-0.05, 0) is 32.1 Å². The van der Waals surface area contributed by atoms with Crippen LogP contribution in [0.2, 0.25) is 0 Å². The molecular formula is C19H42NO9P. The molecule has 0 amide bonds. The van der Waals surface area contributed by atoms with Crippen LogP contribution in [0.25, 0.3) is 0 Å². The Bertz CT molecular complexity index is 448. The van der Waals surface area contributed by atoms with Crippen molar-refractivity contribution in [2.24, 2.45) is 0 Å². The zero-order valence-corrected chi connectivity index (χ0v) is 19.6. The normalized spacial score (nSPS) is 16.4. The smallest absolute Gasteiger partial charge is 0.265 e. The molecule has 3 unspecified atom stereocenters. The number of hydrogen-bond acceptors (Lipinski definition) is 8. The van der Waals surface area contributed by atoms with Crippen molar-refractivity contribution in [3.63, 3.8) is 0 Å². The molecule has 11 heteroatoms. The standard InChI is InChI=1S/C19H42NO9P/c1-20(2,11-14-29-30(23,24)25)10-6-4-5-9-18(21)16-27-12-7-8-13-28-17-19(22)15-26-3/h18-19,21-22H,4-17H2,1-3H3,(H-,23,24,25). The van der Waals surface area contributed by atoms with Crippen molar-refractivity contribution in [3.05, 3.63) is 0 Å². The lowest BCUT2D eigenvalue weighted by Crippen LogP contribution is -2.43. The first-order chi connectivity index (χ1) is 14.1. The Morgan fingerprint density at radius 3 is 2.03 bits per heavy atom. The van der Waals surface area contributed by atoms with Crippen molar-refractivity contribution < 1.29 is 47.8 Å². The fourth-order valence-corrected chi connectivity index (χ4v) is 3.09. The number of quaternary nitrogens is 1. The number of aliphatic hydroxyl groups excluding tert-OH is 2. The monoisotopic (exact) mass is 459 g/mol. The third kappa shape index (κ3) is 21.1. The number of unbranched alkanes of at least 4 members (excludes halogenated alkanes) is 3. The van der Waals surface area contributed by atoms with Gasteiger partial charge in [-0.3, -0.25) is 4.57 Å².